The van der Waals surface area contributed by atoms with E-state index in [4.69, 9.17) is 5.73 Å². The smallest absolute Gasteiger partial charge is 0.103 e. The molecule has 0 saturated carbocycles. The van der Waals surface area contributed by atoms with Crippen LogP contribution < -0.4 is 5.73 Å². The average Bonchev–Trinajstić information content (AvgIpc) is 2.31. The largest absolute Gasteiger partial charge is 0.385 e. The van der Waals surface area contributed by atoms with Crippen LogP contribution in [0.5, 0.6) is 0 Å². The van der Waals surface area contributed by atoms with Crippen LogP contribution in [-0.4, -0.2) is 4.57 Å². The fourth-order valence-corrected chi connectivity index (χ4v) is 0.959. The third kappa shape index (κ3) is 1.53. The number of nitrogens with two attached hydrogens (primary N) is 1. The lowest BCUT2D eigenvalue weighted by Crippen LogP contribution is -2.00. The third-order valence-corrected chi connectivity index (χ3v) is 1.62. The Kier molecular flexibility index (Phi) is 2.37. The summed E-state index contributed by atoms with van der Waals surface area (Å²) < 4.78 is 2.07. The van der Waals surface area contributed by atoms with E-state index in [0.29, 0.717) is 0 Å². The molecule has 0 aromatic carbocycles. The second-order valence-electron chi connectivity index (χ2n) is 2.48. The van der Waals surface area contributed by atoms with Crippen LogP contribution in [0.2, 0.25) is 0 Å². The number of unbranched alkanes of at least 4 members (excludes halogenated alkanes) is 1. The summed E-state index contributed by atoms with van der Waals surface area (Å²) in [6.07, 6.45) is 4.45. The summed E-state index contributed by atoms with van der Waals surface area (Å²) in [4.78, 5) is 0. The molecule has 0 unspecified atom stereocenters. The molecule has 0 fully saturated rings. The van der Waals surface area contributed by atoms with E-state index in [1.54, 1.807) is 0 Å². The fourth-order valence-electron chi connectivity index (χ4n) is 0.959. The Morgan fingerprint density at radius 3 is 2.90 bits per heavy atom. The molecule has 0 atom stereocenters. The number of hydrogen-bond acceptors (Lipinski definition) is 1. The van der Waals surface area contributed by atoms with Gasteiger partial charge in [0, 0.05) is 12.7 Å². The van der Waals surface area contributed by atoms with Gasteiger partial charge in [-0.1, -0.05) is 13.3 Å². The summed E-state index contributed by atoms with van der Waals surface area (Å²) in [6, 6.07) is 3.90. The zero-order valence-electron chi connectivity index (χ0n) is 6.38. The Bertz CT molecular complexity index is 191. The first kappa shape index (κ1) is 7.19. The molecule has 0 aliphatic rings. The summed E-state index contributed by atoms with van der Waals surface area (Å²) in [5, 5.41) is 0. The van der Waals surface area contributed by atoms with E-state index in [9.17, 15) is 0 Å². The van der Waals surface area contributed by atoms with Crippen molar-refractivity contribution >= 4 is 5.82 Å². The molecule has 10 heavy (non-hydrogen) atoms. The molecule has 2 N–H and O–H groups in total. The summed E-state index contributed by atoms with van der Waals surface area (Å²) in [5.41, 5.74) is 5.64. The van der Waals surface area contributed by atoms with Gasteiger partial charge in [-0.2, -0.15) is 0 Å². The normalized spacial score (nSPS) is 10.1. The molecule has 0 bridgehead atoms. The van der Waals surface area contributed by atoms with E-state index in [2.05, 4.69) is 11.5 Å². The Morgan fingerprint density at radius 2 is 2.40 bits per heavy atom. The molecule has 0 aliphatic carbocycles. The van der Waals surface area contributed by atoms with Crippen molar-refractivity contribution in [1.82, 2.24) is 4.57 Å². The third-order valence-electron chi connectivity index (χ3n) is 1.62. The number of aryl methyl sites for hydroxylation is 1. The van der Waals surface area contributed by atoms with Crippen LogP contribution in [0.15, 0.2) is 18.3 Å². The Labute approximate surface area is 61.7 Å². The van der Waals surface area contributed by atoms with Crippen molar-refractivity contribution in [2.75, 3.05) is 5.73 Å². The van der Waals surface area contributed by atoms with E-state index in [-0.39, 0.29) is 0 Å². The molecule has 0 spiro atoms. The molecule has 1 aromatic rings. The monoisotopic (exact) mass is 138 g/mol. The van der Waals surface area contributed by atoms with Gasteiger partial charge in [-0.15, -0.1) is 0 Å². The minimum absolute atomic E-state index is 0.869. The minimum Gasteiger partial charge on any atom is -0.385 e. The number of anilines is 1. The van der Waals surface area contributed by atoms with Crippen LogP contribution >= 0.6 is 0 Å². The van der Waals surface area contributed by atoms with Crippen molar-refractivity contribution in [3.8, 4) is 0 Å². The number of aromatic nitrogens is 1. The first-order valence-corrected chi connectivity index (χ1v) is 3.75. The standard InChI is InChI=1S/C8H14N2/c1-2-3-6-10-7-4-5-8(10)9/h4-5,7H,2-3,6,9H2,1H3. The van der Waals surface area contributed by atoms with Crippen molar-refractivity contribution < 1.29 is 0 Å². The molecule has 0 aliphatic heterocycles. The van der Waals surface area contributed by atoms with Crippen LogP contribution in [-0.2, 0) is 6.54 Å². The summed E-state index contributed by atoms with van der Waals surface area (Å²) in [6.45, 7) is 3.23. The maximum atomic E-state index is 5.64. The van der Waals surface area contributed by atoms with Gasteiger partial charge in [0.25, 0.3) is 0 Å². The number of hydrogen-bond donors (Lipinski definition) is 1. The number of rotatable bonds is 3. The van der Waals surface area contributed by atoms with E-state index < -0.39 is 0 Å². The second kappa shape index (κ2) is 3.30. The maximum absolute atomic E-state index is 5.64. The Balaban J connectivity index is 2.49. The summed E-state index contributed by atoms with van der Waals surface area (Å²) >= 11 is 0. The highest BCUT2D eigenvalue weighted by Gasteiger charge is 1.92. The summed E-state index contributed by atoms with van der Waals surface area (Å²) in [7, 11) is 0. The summed E-state index contributed by atoms with van der Waals surface area (Å²) in [5.74, 6) is 0.869. The van der Waals surface area contributed by atoms with Gasteiger partial charge in [0.05, 0.1) is 0 Å². The average molecular weight is 138 g/mol. The lowest BCUT2D eigenvalue weighted by Gasteiger charge is -2.02. The van der Waals surface area contributed by atoms with Gasteiger partial charge < -0.3 is 10.3 Å². The van der Waals surface area contributed by atoms with Crippen molar-refractivity contribution in [3.05, 3.63) is 18.3 Å². The fraction of sp³-hybridized carbons (Fsp3) is 0.500. The lowest BCUT2D eigenvalue weighted by molar-refractivity contribution is 0.641. The van der Waals surface area contributed by atoms with E-state index >= 15 is 0 Å². The predicted octanol–water partition coefficient (Wildman–Crippen LogP) is 1.87. The highest BCUT2D eigenvalue weighted by molar-refractivity contribution is 5.29. The zero-order chi connectivity index (χ0) is 7.40. The topological polar surface area (TPSA) is 30.9 Å². The van der Waals surface area contributed by atoms with Crippen molar-refractivity contribution in [3.63, 3.8) is 0 Å². The van der Waals surface area contributed by atoms with Gasteiger partial charge in [0.2, 0.25) is 0 Å². The molecule has 2 heteroatoms. The second-order valence-corrected chi connectivity index (χ2v) is 2.48. The highest BCUT2D eigenvalue weighted by atomic mass is 15.0. The molecule has 0 radical (unpaired) electrons. The van der Waals surface area contributed by atoms with Gasteiger partial charge in [0.15, 0.2) is 0 Å². The molecular formula is C8H14N2. The molecule has 2 nitrogen and oxygen atoms in total. The van der Waals surface area contributed by atoms with Crippen LogP contribution in [0.4, 0.5) is 5.82 Å². The Hall–Kier alpha value is -0.920. The molecule has 0 amide bonds. The van der Waals surface area contributed by atoms with Crippen LogP contribution in [0.3, 0.4) is 0 Å². The van der Waals surface area contributed by atoms with E-state index in [0.717, 1.165) is 12.4 Å². The predicted molar refractivity (Wildman–Crippen MR) is 43.8 cm³/mol. The molecule has 1 heterocycles. The van der Waals surface area contributed by atoms with Gasteiger partial charge in [-0.25, -0.2) is 0 Å². The molecule has 56 valence electrons. The molecule has 1 rings (SSSR count). The van der Waals surface area contributed by atoms with Crippen molar-refractivity contribution in [1.29, 1.82) is 0 Å². The maximum Gasteiger partial charge on any atom is 0.103 e. The lowest BCUT2D eigenvalue weighted by atomic mass is 10.3. The van der Waals surface area contributed by atoms with Gasteiger partial charge >= 0.3 is 0 Å². The number of nitrogens with zero attached hydrogens (tertiary/aromatic N) is 1. The van der Waals surface area contributed by atoms with Crippen molar-refractivity contribution in [2.45, 2.75) is 26.3 Å². The number of nitrogen functional groups attached to an aromatic ring is 1. The van der Waals surface area contributed by atoms with Gasteiger partial charge in [-0.05, 0) is 18.6 Å². The first-order valence-electron chi connectivity index (χ1n) is 3.75. The van der Waals surface area contributed by atoms with E-state index in [1.165, 1.54) is 12.8 Å². The quantitative estimate of drug-likeness (QED) is 0.679. The van der Waals surface area contributed by atoms with Crippen molar-refractivity contribution in [2.24, 2.45) is 0 Å². The minimum atomic E-state index is 0.869. The Morgan fingerprint density at radius 1 is 1.60 bits per heavy atom. The van der Waals surface area contributed by atoms with Crippen LogP contribution in [0.25, 0.3) is 0 Å². The zero-order valence-corrected chi connectivity index (χ0v) is 6.38. The molecule has 1 aromatic heterocycles. The molecular weight excluding hydrogens is 124 g/mol. The van der Waals surface area contributed by atoms with Crippen LogP contribution in [0, 0.1) is 0 Å². The highest BCUT2D eigenvalue weighted by Crippen LogP contribution is 2.04. The van der Waals surface area contributed by atoms with E-state index in [1.807, 2.05) is 18.3 Å². The SMILES string of the molecule is CCCCn1cccc1N. The molecule has 0 saturated heterocycles. The van der Waals surface area contributed by atoms with Gasteiger partial charge in [-0.3, -0.25) is 0 Å². The first-order chi connectivity index (χ1) is 4.84. The van der Waals surface area contributed by atoms with Gasteiger partial charge in [0.1, 0.15) is 5.82 Å². The van der Waals surface area contributed by atoms with Crippen LogP contribution in [0.1, 0.15) is 19.8 Å².